The number of hydrogen-bond donors (Lipinski definition) is 2. The molecule has 0 fully saturated rings. The number of imidazole rings is 1. The van der Waals surface area contributed by atoms with Gasteiger partial charge in [-0.25, -0.2) is 4.98 Å². The molecule has 0 saturated heterocycles. The molecule has 1 heterocycles. The predicted molar refractivity (Wildman–Crippen MR) is 89.0 cm³/mol. The number of aliphatic hydroxyl groups is 1. The lowest BCUT2D eigenvalue weighted by Crippen LogP contribution is -2.06. The molecule has 2 aromatic carbocycles. The second-order valence-corrected chi connectivity index (χ2v) is 5.46. The molecule has 0 aliphatic carbocycles. The van der Waals surface area contributed by atoms with Crippen LogP contribution in [0.25, 0.3) is 0 Å². The molecular formula is C19H20N2O2. The van der Waals surface area contributed by atoms with Gasteiger partial charge < -0.3 is 14.8 Å². The van der Waals surface area contributed by atoms with Crippen molar-refractivity contribution in [3.8, 4) is 0 Å². The normalized spacial score (nSPS) is 13.7. The molecule has 0 unspecified atom stereocenters. The van der Waals surface area contributed by atoms with Crippen molar-refractivity contribution in [2.45, 2.75) is 18.6 Å². The van der Waals surface area contributed by atoms with Gasteiger partial charge in [0.05, 0.1) is 11.9 Å². The molecule has 118 valence electrons. The minimum absolute atomic E-state index is 0.221. The summed E-state index contributed by atoms with van der Waals surface area (Å²) in [6.45, 7) is 0. The zero-order valence-corrected chi connectivity index (χ0v) is 13.0. The Balaban J connectivity index is 1.77. The van der Waals surface area contributed by atoms with E-state index in [9.17, 15) is 5.11 Å². The third-order valence-corrected chi connectivity index (χ3v) is 3.82. The molecule has 0 radical (unpaired) electrons. The maximum atomic E-state index is 10.4. The summed E-state index contributed by atoms with van der Waals surface area (Å²) in [7, 11) is 1.67. The number of H-pyrrole nitrogens is 1. The molecule has 3 rings (SSSR count). The summed E-state index contributed by atoms with van der Waals surface area (Å²) in [5.74, 6) is 0.557. The lowest BCUT2D eigenvalue weighted by molar-refractivity contribution is 0.132. The Kier molecular flexibility index (Phi) is 4.86. The summed E-state index contributed by atoms with van der Waals surface area (Å²) >= 11 is 0. The molecule has 0 amide bonds. The van der Waals surface area contributed by atoms with E-state index in [-0.39, 0.29) is 6.10 Å². The monoisotopic (exact) mass is 308 g/mol. The highest BCUT2D eigenvalue weighted by Gasteiger charge is 2.18. The Bertz CT molecular complexity index is 725. The van der Waals surface area contributed by atoms with E-state index in [1.54, 1.807) is 13.3 Å². The second-order valence-electron chi connectivity index (χ2n) is 5.46. The maximum absolute atomic E-state index is 10.4. The summed E-state index contributed by atoms with van der Waals surface area (Å²) in [6.07, 6.45) is 1.36. The number of aromatic nitrogens is 2. The van der Waals surface area contributed by atoms with Crippen molar-refractivity contribution in [1.82, 2.24) is 9.97 Å². The van der Waals surface area contributed by atoms with Crippen LogP contribution in [0.2, 0.25) is 0 Å². The largest absolute Gasteiger partial charge is 0.385 e. The zero-order valence-electron chi connectivity index (χ0n) is 13.0. The first-order valence-corrected chi connectivity index (χ1v) is 7.62. The molecule has 0 saturated carbocycles. The molecule has 23 heavy (non-hydrogen) atoms. The minimum atomic E-state index is -0.667. The van der Waals surface area contributed by atoms with Gasteiger partial charge in [-0.1, -0.05) is 60.7 Å². The fourth-order valence-corrected chi connectivity index (χ4v) is 2.66. The van der Waals surface area contributed by atoms with Crippen LogP contribution in [-0.4, -0.2) is 22.2 Å². The summed E-state index contributed by atoms with van der Waals surface area (Å²) in [5, 5.41) is 10.4. The summed E-state index contributed by atoms with van der Waals surface area (Å²) in [6, 6.07) is 19.8. The molecule has 3 aromatic rings. The molecule has 1 aromatic heterocycles. The third kappa shape index (κ3) is 3.67. The van der Waals surface area contributed by atoms with Crippen LogP contribution < -0.4 is 0 Å². The number of hydrogen-bond acceptors (Lipinski definition) is 3. The maximum Gasteiger partial charge on any atom is 0.135 e. The third-order valence-electron chi connectivity index (χ3n) is 3.82. The van der Waals surface area contributed by atoms with Gasteiger partial charge in [-0.05, 0) is 11.1 Å². The highest BCUT2D eigenvalue weighted by Crippen LogP contribution is 2.25. The molecule has 0 spiro atoms. The van der Waals surface area contributed by atoms with Gasteiger partial charge >= 0.3 is 0 Å². The van der Waals surface area contributed by atoms with E-state index in [2.05, 4.69) is 9.97 Å². The minimum Gasteiger partial charge on any atom is -0.385 e. The summed E-state index contributed by atoms with van der Waals surface area (Å²) in [5.41, 5.74) is 2.95. The van der Waals surface area contributed by atoms with Gasteiger partial charge in [-0.2, -0.15) is 0 Å². The number of methoxy groups -OCH3 is 1. The summed E-state index contributed by atoms with van der Waals surface area (Å²) in [4.78, 5) is 7.52. The molecule has 0 aliphatic heterocycles. The summed E-state index contributed by atoms with van der Waals surface area (Å²) < 4.78 is 5.58. The van der Waals surface area contributed by atoms with Gasteiger partial charge in [0.25, 0.3) is 0 Å². The SMILES string of the molecule is CO[C@@H](c1ccccc1)c1cnc([C@H](O)Cc2ccccc2)[nH]1. The number of nitrogens with one attached hydrogen (secondary N) is 1. The van der Waals surface area contributed by atoms with Crippen LogP contribution >= 0.6 is 0 Å². The Morgan fingerprint density at radius 2 is 1.70 bits per heavy atom. The van der Waals surface area contributed by atoms with Gasteiger partial charge in [0.2, 0.25) is 0 Å². The number of benzene rings is 2. The van der Waals surface area contributed by atoms with Gasteiger partial charge in [-0.15, -0.1) is 0 Å². The smallest absolute Gasteiger partial charge is 0.135 e. The first-order valence-electron chi connectivity index (χ1n) is 7.62. The number of aromatic amines is 1. The van der Waals surface area contributed by atoms with Crippen LogP contribution in [0.1, 0.15) is 34.9 Å². The van der Waals surface area contributed by atoms with Gasteiger partial charge in [0.15, 0.2) is 0 Å². The highest BCUT2D eigenvalue weighted by atomic mass is 16.5. The average molecular weight is 308 g/mol. The van der Waals surface area contributed by atoms with E-state index in [1.807, 2.05) is 60.7 Å². The van der Waals surface area contributed by atoms with Crippen molar-refractivity contribution in [3.05, 3.63) is 89.5 Å². The lowest BCUT2D eigenvalue weighted by Gasteiger charge is -2.14. The van der Waals surface area contributed by atoms with Crippen molar-refractivity contribution < 1.29 is 9.84 Å². The van der Waals surface area contributed by atoms with Gasteiger partial charge in [0.1, 0.15) is 18.0 Å². The predicted octanol–water partition coefficient (Wildman–Crippen LogP) is 3.42. The van der Waals surface area contributed by atoms with Crippen molar-refractivity contribution >= 4 is 0 Å². The first-order chi connectivity index (χ1) is 11.3. The average Bonchev–Trinajstić information content (AvgIpc) is 3.07. The van der Waals surface area contributed by atoms with E-state index >= 15 is 0 Å². The van der Waals surface area contributed by atoms with Gasteiger partial charge in [0, 0.05) is 13.5 Å². The van der Waals surface area contributed by atoms with Crippen LogP contribution in [0, 0.1) is 0 Å². The van der Waals surface area contributed by atoms with E-state index in [4.69, 9.17) is 4.74 Å². The highest BCUT2D eigenvalue weighted by molar-refractivity contribution is 5.26. The van der Waals surface area contributed by atoms with Crippen LogP contribution in [0.3, 0.4) is 0 Å². The van der Waals surface area contributed by atoms with Crippen LogP contribution in [0.4, 0.5) is 0 Å². The zero-order chi connectivity index (χ0) is 16.1. The first kappa shape index (κ1) is 15.5. The fraction of sp³-hybridized carbons (Fsp3) is 0.211. The standard InChI is InChI=1S/C19H20N2O2/c1-23-18(15-10-6-3-7-11-15)16-13-20-19(21-16)17(22)12-14-8-4-2-5-9-14/h2-11,13,17-18,22H,12H2,1H3,(H,20,21)/t17-,18+/m1/s1. The Labute approximate surface area is 135 Å². The van der Waals surface area contributed by atoms with Crippen LogP contribution in [0.5, 0.6) is 0 Å². The molecule has 2 atom stereocenters. The molecule has 2 N–H and O–H groups in total. The molecule has 0 aliphatic rings. The molecule has 4 nitrogen and oxygen atoms in total. The Hall–Kier alpha value is -2.43. The van der Waals surface area contributed by atoms with Crippen molar-refractivity contribution in [2.75, 3.05) is 7.11 Å². The number of aliphatic hydroxyl groups excluding tert-OH is 1. The number of nitrogens with zero attached hydrogens (tertiary/aromatic N) is 1. The topological polar surface area (TPSA) is 58.1 Å². The van der Waals surface area contributed by atoms with Crippen molar-refractivity contribution in [2.24, 2.45) is 0 Å². The van der Waals surface area contributed by atoms with Crippen LogP contribution in [0.15, 0.2) is 66.9 Å². The fourth-order valence-electron chi connectivity index (χ4n) is 2.66. The molecule has 4 heteroatoms. The van der Waals surface area contributed by atoms with Crippen molar-refractivity contribution in [1.29, 1.82) is 0 Å². The van der Waals surface area contributed by atoms with E-state index in [0.717, 1.165) is 16.8 Å². The quantitative estimate of drug-likeness (QED) is 0.733. The van der Waals surface area contributed by atoms with Crippen molar-refractivity contribution in [3.63, 3.8) is 0 Å². The van der Waals surface area contributed by atoms with Gasteiger partial charge in [-0.3, -0.25) is 0 Å². The molecular weight excluding hydrogens is 288 g/mol. The Morgan fingerprint density at radius 1 is 1.04 bits per heavy atom. The Morgan fingerprint density at radius 3 is 2.35 bits per heavy atom. The van der Waals surface area contributed by atoms with Crippen LogP contribution in [-0.2, 0) is 11.2 Å². The van der Waals surface area contributed by atoms with E-state index in [1.165, 1.54) is 0 Å². The number of ether oxygens (including phenoxy) is 1. The second kappa shape index (κ2) is 7.22. The molecule has 0 bridgehead atoms. The van der Waals surface area contributed by atoms with E-state index in [0.29, 0.717) is 12.2 Å². The van der Waals surface area contributed by atoms with E-state index < -0.39 is 6.10 Å². The lowest BCUT2D eigenvalue weighted by atomic mass is 10.1. The number of rotatable bonds is 6.